The number of urea groups is 1. The van der Waals surface area contributed by atoms with Crippen LogP contribution in [0.3, 0.4) is 0 Å². The van der Waals surface area contributed by atoms with Crippen molar-refractivity contribution in [1.82, 2.24) is 4.90 Å². The van der Waals surface area contributed by atoms with Gasteiger partial charge < -0.3 is 5.73 Å². The van der Waals surface area contributed by atoms with Crippen molar-refractivity contribution in [3.8, 4) is 0 Å². The molecule has 3 nitrogen and oxygen atoms in total. The molecular weight excluding hydrogens is 149 g/mol. The highest BCUT2D eigenvalue weighted by Gasteiger charge is 2.38. The average Bonchev–Trinajstić information content (AvgIpc) is 1.60. The van der Waals surface area contributed by atoms with Crippen molar-refractivity contribution < 1.29 is 18.0 Å². The predicted molar refractivity (Wildman–Crippen MR) is 28.0 cm³/mol. The van der Waals surface area contributed by atoms with Gasteiger partial charge in [0.15, 0.2) is 0 Å². The summed E-state index contributed by atoms with van der Waals surface area (Å²) < 4.78 is 34.8. The van der Waals surface area contributed by atoms with Gasteiger partial charge in [-0.15, -0.1) is 13.2 Å². The summed E-state index contributed by atoms with van der Waals surface area (Å²) in [5.74, 6) is 0. The smallest absolute Gasteiger partial charge is 0.351 e. The Labute approximate surface area is 55.6 Å². The van der Waals surface area contributed by atoms with Crippen molar-refractivity contribution in [2.45, 2.75) is 13.2 Å². The van der Waals surface area contributed by atoms with Gasteiger partial charge in [-0.05, 0) is 6.92 Å². The summed E-state index contributed by atoms with van der Waals surface area (Å²) in [6.07, 6.45) is -4.65. The maximum absolute atomic E-state index is 11.6. The molecule has 2 amide bonds. The van der Waals surface area contributed by atoms with Crippen molar-refractivity contribution in [3.05, 3.63) is 0 Å². The monoisotopic (exact) mass is 156 g/mol. The highest BCUT2D eigenvalue weighted by Crippen LogP contribution is 2.19. The Bertz CT molecular complexity index is 133. The van der Waals surface area contributed by atoms with Gasteiger partial charge in [0.05, 0.1) is 0 Å². The zero-order chi connectivity index (χ0) is 8.36. The van der Waals surface area contributed by atoms with Crippen LogP contribution in [0.25, 0.3) is 0 Å². The van der Waals surface area contributed by atoms with Crippen molar-refractivity contribution in [2.75, 3.05) is 6.54 Å². The first-order chi connectivity index (χ1) is 4.39. The number of hydrogen-bond donors (Lipinski definition) is 1. The third-order valence-electron chi connectivity index (χ3n) is 0.888. The number of halogens is 3. The molecule has 0 atom stereocenters. The third kappa shape index (κ3) is 2.12. The van der Waals surface area contributed by atoms with Gasteiger partial charge in [0.1, 0.15) is 0 Å². The first-order valence-electron chi connectivity index (χ1n) is 2.53. The van der Waals surface area contributed by atoms with E-state index in [9.17, 15) is 18.0 Å². The molecule has 0 radical (unpaired) electrons. The fourth-order valence-corrected chi connectivity index (χ4v) is 0.460. The van der Waals surface area contributed by atoms with Gasteiger partial charge in [-0.2, -0.15) is 0 Å². The van der Waals surface area contributed by atoms with Gasteiger partial charge in [-0.3, -0.25) is 0 Å². The fourth-order valence-electron chi connectivity index (χ4n) is 0.460. The Morgan fingerprint density at radius 2 is 2.00 bits per heavy atom. The Morgan fingerprint density at radius 1 is 1.60 bits per heavy atom. The normalized spacial score (nSPS) is 11.2. The Balaban J connectivity index is 4.22. The minimum Gasteiger partial charge on any atom is -0.351 e. The second-order valence-electron chi connectivity index (χ2n) is 1.55. The number of carbonyl (C=O) groups is 1. The minimum atomic E-state index is -4.65. The van der Waals surface area contributed by atoms with Crippen LogP contribution in [0.15, 0.2) is 0 Å². The molecule has 0 aromatic heterocycles. The highest BCUT2D eigenvalue weighted by atomic mass is 19.4. The van der Waals surface area contributed by atoms with Crippen LogP contribution in [0, 0.1) is 0 Å². The van der Waals surface area contributed by atoms with Crippen molar-refractivity contribution in [3.63, 3.8) is 0 Å². The number of nitrogens with zero attached hydrogens (tertiary/aromatic N) is 1. The van der Waals surface area contributed by atoms with Gasteiger partial charge in [-0.1, -0.05) is 0 Å². The van der Waals surface area contributed by atoms with Crippen molar-refractivity contribution in [2.24, 2.45) is 5.73 Å². The molecule has 60 valence electrons. The first-order valence-corrected chi connectivity index (χ1v) is 2.53. The largest absolute Gasteiger partial charge is 0.488 e. The Morgan fingerprint density at radius 3 is 2.00 bits per heavy atom. The molecule has 0 aliphatic rings. The molecule has 6 heteroatoms. The highest BCUT2D eigenvalue weighted by molar-refractivity contribution is 5.72. The molecular formula is C4H7F3N2O. The summed E-state index contributed by atoms with van der Waals surface area (Å²) >= 11 is 0. The lowest BCUT2D eigenvalue weighted by Gasteiger charge is -2.20. The molecule has 0 aliphatic heterocycles. The van der Waals surface area contributed by atoms with Crippen LogP contribution in [0.5, 0.6) is 0 Å². The fraction of sp³-hybridized carbons (Fsp3) is 0.750. The molecule has 0 aromatic rings. The zero-order valence-electron chi connectivity index (χ0n) is 5.27. The standard InChI is InChI=1S/C4H7F3N2O/c1-2-9(3(8)10)4(5,6)7/h2H2,1H3,(H2,8,10). The van der Waals surface area contributed by atoms with E-state index in [4.69, 9.17) is 0 Å². The molecule has 0 unspecified atom stereocenters. The Hall–Kier alpha value is -0.940. The van der Waals surface area contributed by atoms with Crippen LogP contribution in [0.4, 0.5) is 18.0 Å². The van der Waals surface area contributed by atoms with E-state index in [0.717, 1.165) is 0 Å². The van der Waals surface area contributed by atoms with Crippen LogP contribution < -0.4 is 5.73 Å². The number of amides is 2. The number of primary amides is 1. The lowest BCUT2D eigenvalue weighted by Crippen LogP contribution is -2.45. The Kier molecular flexibility index (Phi) is 2.50. The summed E-state index contributed by atoms with van der Waals surface area (Å²) in [5.41, 5.74) is 4.40. The number of alkyl halides is 3. The summed E-state index contributed by atoms with van der Waals surface area (Å²) in [6.45, 7) is 0.733. The molecule has 0 saturated heterocycles. The van der Waals surface area contributed by atoms with E-state index in [1.807, 2.05) is 0 Å². The predicted octanol–water partition coefficient (Wildman–Crippen LogP) is 0.907. The molecule has 0 spiro atoms. The topological polar surface area (TPSA) is 46.3 Å². The van der Waals surface area contributed by atoms with Crippen LogP contribution in [-0.4, -0.2) is 23.8 Å². The van der Waals surface area contributed by atoms with E-state index in [2.05, 4.69) is 5.73 Å². The lowest BCUT2D eigenvalue weighted by atomic mass is 10.6. The van der Waals surface area contributed by atoms with E-state index >= 15 is 0 Å². The molecule has 0 aliphatic carbocycles. The van der Waals surface area contributed by atoms with Crippen LogP contribution in [-0.2, 0) is 0 Å². The first kappa shape index (κ1) is 9.06. The molecule has 0 rings (SSSR count). The minimum absolute atomic E-state index is 0.382. The van der Waals surface area contributed by atoms with Crippen LogP contribution in [0.2, 0.25) is 0 Å². The van der Waals surface area contributed by atoms with Gasteiger partial charge >= 0.3 is 12.3 Å². The van der Waals surface area contributed by atoms with Gasteiger partial charge in [-0.25, -0.2) is 9.69 Å². The number of hydrogen-bond acceptors (Lipinski definition) is 1. The second kappa shape index (κ2) is 2.76. The van der Waals surface area contributed by atoms with E-state index < -0.39 is 18.9 Å². The maximum Gasteiger partial charge on any atom is 0.488 e. The number of carbonyl (C=O) groups excluding carboxylic acids is 1. The van der Waals surface area contributed by atoms with Crippen LogP contribution in [0.1, 0.15) is 6.92 Å². The zero-order valence-corrected chi connectivity index (χ0v) is 5.27. The van der Waals surface area contributed by atoms with Crippen LogP contribution >= 0.6 is 0 Å². The summed E-state index contributed by atoms with van der Waals surface area (Å²) in [7, 11) is 0. The molecule has 0 fully saturated rings. The molecule has 2 N–H and O–H groups in total. The van der Waals surface area contributed by atoms with E-state index in [1.54, 1.807) is 0 Å². The van der Waals surface area contributed by atoms with Crippen molar-refractivity contribution in [1.29, 1.82) is 0 Å². The SMILES string of the molecule is CCN(C(N)=O)C(F)(F)F. The molecule has 0 saturated carbocycles. The van der Waals surface area contributed by atoms with E-state index in [-0.39, 0.29) is 4.90 Å². The average molecular weight is 156 g/mol. The van der Waals surface area contributed by atoms with E-state index in [1.165, 1.54) is 6.92 Å². The summed E-state index contributed by atoms with van der Waals surface area (Å²) in [4.78, 5) is 9.62. The maximum atomic E-state index is 11.6. The summed E-state index contributed by atoms with van der Waals surface area (Å²) in [6, 6.07) is -1.48. The van der Waals surface area contributed by atoms with E-state index in [0.29, 0.717) is 0 Å². The van der Waals surface area contributed by atoms with Gasteiger partial charge in [0.2, 0.25) is 0 Å². The van der Waals surface area contributed by atoms with Gasteiger partial charge in [0, 0.05) is 6.54 Å². The molecule has 10 heavy (non-hydrogen) atoms. The molecule has 0 bridgehead atoms. The van der Waals surface area contributed by atoms with Crippen molar-refractivity contribution >= 4 is 6.03 Å². The lowest BCUT2D eigenvalue weighted by molar-refractivity contribution is -0.221. The summed E-state index contributed by atoms with van der Waals surface area (Å²) in [5, 5.41) is 0. The third-order valence-corrected chi connectivity index (χ3v) is 0.888. The second-order valence-corrected chi connectivity index (χ2v) is 1.55. The number of nitrogens with two attached hydrogens (primary N) is 1. The number of rotatable bonds is 1. The quantitative estimate of drug-likeness (QED) is 0.563. The van der Waals surface area contributed by atoms with Gasteiger partial charge in [0.25, 0.3) is 0 Å². The molecule has 0 aromatic carbocycles. The molecule has 0 heterocycles.